The molecular formula is C13H15N3O3S. The summed E-state index contributed by atoms with van der Waals surface area (Å²) in [4.78, 5) is 27.4. The molecule has 0 bridgehead atoms. The lowest BCUT2D eigenvalue weighted by Crippen LogP contribution is -2.46. The van der Waals surface area contributed by atoms with Crippen LogP contribution in [-0.4, -0.2) is 29.5 Å². The van der Waals surface area contributed by atoms with Crippen LogP contribution in [0.15, 0.2) is 24.3 Å². The number of hydrogen-bond acceptors (Lipinski definition) is 6. The van der Waals surface area contributed by atoms with E-state index in [4.69, 9.17) is 5.73 Å². The van der Waals surface area contributed by atoms with E-state index in [1.807, 2.05) is 24.3 Å². The smallest absolute Gasteiger partial charge is 0.332 e. The molecule has 0 aliphatic rings. The molecule has 1 aromatic heterocycles. The zero-order valence-corrected chi connectivity index (χ0v) is 11.8. The molecule has 0 spiro atoms. The van der Waals surface area contributed by atoms with Crippen molar-refractivity contribution in [2.45, 2.75) is 19.5 Å². The number of thiazole rings is 1. The van der Waals surface area contributed by atoms with E-state index in [2.05, 4.69) is 15.0 Å². The van der Waals surface area contributed by atoms with Crippen LogP contribution in [0, 0.1) is 0 Å². The second-order valence-corrected chi connectivity index (χ2v) is 5.14. The Morgan fingerprint density at radius 3 is 2.90 bits per heavy atom. The van der Waals surface area contributed by atoms with Crippen LogP contribution in [0.25, 0.3) is 10.2 Å². The molecule has 0 radical (unpaired) electrons. The van der Waals surface area contributed by atoms with Gasteiger partial charge in [-0.25, -0.2) is 9.78 Å². The van der Waals surface area contributed by atoms with Crippen molar-refractivity contribution >= 4 is 33.4 Å². The number of ether oxygens (including phenoxy) is 1. The van der Waals surface area contributed by atoms with Crippen LogP contribution >= 0.6 is 11.3 Å². The van der Waals surface area contributed by atoms with Crippen molar-refractivity contribution in [2.75, 3.05) is 6.61 Å². The Balaban J connectivity index is 1.94. The van der Waals surface area contributed by atoms with Gasteiger partial charge in [-0.15, -0.1) is 11.3 Å². The minimum Gasteiger partial charge on any atom is -0.464 e. The molecular weight excluding hydrogens is 278 g/mol. The summed E-state index contributed by atoms with van der Waals surface area (Å²) in [5.41, 5.74) is 6.37. The van der Waals surface area contributed by atoms with Crippen molar-refractivity contribution in [1.29, 1.82) is 0 Å². The van der Waals surface area contributed by atoms with Crippen LogP contribution in [-0.2, 0) is 20.9 Å². The number of aromatic nitrogens is 1. The lowest BCUT2D eigenvalue weighted by molar-refractivity contribution is -0.148. The average molecular weight is 293 g/mol. The number of para-hydroxylation sites is 1. The van der Waals surface area contributed by atoms with E-state index in [0.29, 0.717) is 0 Å². The number of carbonyl (C=O) groups is 2. The van der Waals surface area contributed by atoms with Crippen LogP contribution in [0.1, 0.15) is 11.9 Å². The number of rotatable bonds is 5. The summed E-state index contributed by atoms with van der Waals surface area (Å²) in [6, 6.07) is 6.40. The Bertz CT molecular complexity index is 593. The van der Waals surface area contributed by atoms with Gasteiger partial charge in [0.1, 0.15) is 5.01 Å². The van der Waals surface area contributed by atoms with Gasteiger partial charge in [0.2, 0.25) is 5.91 Å². The second-order valence-electron chi connectivity index (χ2n) is 4.02. The summed E-state index contributed by atoms with van der Waals surface area (Å²) in [6.07, 6.45) is 0. The van der Waals surface area contributed by atoms with E-state index in [-0.39, 0.29) is 13.2 Å². The van der Waals surface area contributed by atoms with Crippen molar-refractivity contribution in [1.82, 2.24) is 10.3 Å². The third kappa shape index (κ3) is 3.31. The summed E-state index contributed by atoms with van der Waals surface area (Å²) >= 11 is 1.49. The number of hydrogen-bond donors (Lipinski definition) is 2. The van der Waals surface area contributed by atoms with E-state index < -0.39 is 17.9 Å². The quantitative estimate of drug-likeness (QED) is 0.628. The minimum atomic E-state index is -1.30. The maximum atomic E-state index is 11.7. The van der Waals surface area contributed by atoms with Gasteiger partial charge in [-0.2, -0.15) is 0 Å². The minimum absolute atomic E-state index is 0.192. The van der Waals surface area contributed by atoms with Gasteiger partial charge < -0.3 is 15.8 Å². The van der Waals surface area contributed by atoms with Crippen LogP contribution in [0.4, 0.5) is 0 Å². The van der Waals surface area contributed by atoms with E-state index in [0.717, 1.165) is 15.2 Å². The largest absolute Gasteiger partial charge is 0.464 e. The molecule has 2 rings (SSSR count). The Morgan fingerprint density at radius 1 is 1.45 bits per heavy atom. The molecule has 7 heteroatoms. The van der Waals surface area contributed by atoms with Gasteiger partial charge in [0.05, 0.1) is 23.4 Å². The van der Waals surface area contributed by atoms with E-state index in [1.54, 1.807) is 6.92 Å². The molecule has 1 aromatic carbocycles. The first-order valence-corrected chi connectivity index (χ1v) is 6.98. The number of fused-ring (bicyclic) bond motifs is 1. The average Bonchev–Trinajstić information content (AvgIpc) is 2.87. The normalized spacial score (nSPS) is 12.1. The standard InChI is InChI=1S/C13H15N3O3S/c1-2-19-13(18)11(14)12(17)15-7-10-16-8-5-3-4-6-9(8)20-10/h3-6,11H,2,7,14H2,1H3,(H,15,17). The summed E-state index contributed by atoms with van der Waals surface area (Å²) in [7, 11) is 0. The Labute approximate surface area is 119 Å². The fraction of sp³-hybridized carbons (Fsp3) is 0.308. The molecule has 1 atom stereocenters. The van der Waals surface area contributed by atoms with Gasteiger partial charge in [0.25, 0.3) is 0 Å². The van der Waals surface area contributed by atoms with E-state index in [9.17, 15) is 9.59 Å². The van der Waals surface area contributed by atoms with Crippen LogP contribution in [0.3, 0.4) is 0 Å². The zero-order chi connectivity index (χ0) is 14.5. The van der Waals surface area contributed by atoms with Crippen molar-refractivity contribution in [2.24, 2.45) is 5.73 Å². The zero-order valence-electron chi connectivity index (χ0n) is 11.0. The van der Waals surface area contributed by atoms with Crippen LogP contribution < -0.4 is 11.1 Å². The van der Waals surface area contributed by atoms with Crippen molar-refractivity contribution < 1.29 is 14.3 Å². The first-order chi connectivity index (χ1) is 9.61. The first-order valence-electron chi connectivity index (χ1n) is 6.16. The van der Waals surface area contributed by atoms with Gasteiger partial charge in [-0.3, -0.25) is 4.79 Å². The van der Waals surface area contributed by atoms with Crippen LogP contribution in [0.5, 0.6) is 0 Å². The molecule has 0 saturated carbocycles. The SMILES string of the molecule is CCOC(=O)C(N)C(=O)NCc1nc2ccccc2s1. The third-order valence-corrected chi connectivity index (χ3v) is 3.61. The molecule has 0 saturated heterocycles. The molecule has 0 aliphatic heterocycles. The lowest BCUT2D eigenvalue weighted by Gasteiger charge is -2.10. The fourth-order valence-corrected chi connectivity index (χ4v) is 2.51. The molecule has 0 fully saturated rings. The molecule has 2 aromatic rings. The third-order valence-electron chi connectivity index (χ3n) is 2.58. The van der Waals surface area contributed by atoms with E-state index in [1.165, 1.54) is 11.3 Å². The number of benzene rings is 1. The van der Waals surface area contributed by atoms with Crippen molar-refractivity contribution in [3.63, 3.8) is 0 Å². The van der Waals surface area contributed by atoms with Crippen molar-refractivity contribution in [3.8, 4) is 0 Å². The fourth-order valence-electron chi connectivity index (χ4n) is 1.61. The molecule has 6 nitrogen and oxygen atoms in total. The van der Waals surface area contributed by atoms with Gasteiger partial charge >= 0.3 is 5.97 Å². The molecule has 1 unspecified atom stereocenters. The number of esters is 1. The number of carbonyl (C=O) groups excluding carboxylic acids is 2. The number of nitrogens with one attached hydrogen (secondary N) is 1. The topological polar surface area (TPSA) is 94.3 Å². The lowest BCUT2D eigenvalue weighted by atomic mass is 10.3. The molecule has 1 heterocycles. The molecule has 3 N–H and O–H groups in total. The maximum absolute atomic E-state index is 11.7. The summed E-state index contributed by atoms with van der Waals surface area (Å²) in [5, 5.41) is 3.34. The summed E-state index contributed by atoms with van der Waals surface area (Å²) in [6.45, 7) is 2.09. The highest BCUT2D eigenvalue weighted by atomic mass is 32.1. The predicted molar refractivity (Wildman–Crippen MR) is 76.1 cm³/mol. The summed E-state index contributed by atoms with van der Waals surface area (Å²) < 4.78 is 5.73. The first kappa shape index (κ1) is 14.4. The van der Waals surface area contributed by atoms with E-state index >= 15 is 0 Å². The Hall–Kier alpha value is -1.99. The highest BCUT2D eigenvalue weighted by Crippen LogP contribution is 2.21. The van der Waals surface area contributed by atoms with Gasteiger partial charge in [0, 0.05) is 0 Å². The highest BCUT2D eigenvalue weighted by Gasteiger charge is 2.23. The number of nitrogens with zero attached hydrogens (tertiary/aromatic N) is 1. The van der Waals surface area contributed by atoms with Crippen molar-refractivity contribution in [3.05, 3.63) is 29.3 Å². The monoisotopic (exact) mass is 293 g/mol. The molecule has 0 aliphatic carbocycles. The number of amides is 1. The number of nitrogens with two attached hydrogens (primary N) is 1. The van der Waals surface area contributed by atoms with Gasteiger partial charge in [-0.05, 0) is 19.1 Å². The molecule has 20 heavy (non-hydrogen) atoms. The van der Waals surface area contributed by atoms with Gasteiger partial charge in [-0.1, -0.05) is 12.1 Å². The maximum Gasteiger partial charge on any atom is 0.332 e. The van der Waals surface area contributed by atoms with Gasteiger partial charge in [0.15, 0.2) is 6.04 Å². The molecule has 1 amide bonds. The Morgan fingerprint density at radius 2 is 2.20 bits per heavy atom. The van der Waals surface area contributed by atoms with Crippen LogP contribution in [0.2, 0.25) is 0 Å². The Kier molecular flexibility index (Phi) is 4.65. The second kappa shape index (κ2) is 6.44. The summed E-state index contributed by atoms with van der Waals surface area (Å²) in [5.74, 6) is -1.29. The highest BCUT2D eigenvalue weighted by molar-refractivity contribution is 7.18. The molecule has 106 valence electrons. The predicted octanol–water partition coefficient (Wildman–Crippen LogP) is 0.803.